The van der Waals surface area contributed by atoms with Gasteiger partial charge in [-0.2, -0.15) is 0 Å². The Morgan fingerprint density at radius 1 is 1.13 bits per heavy atom. The minimum Gasteiger partial charge on any atom is -0.493 e. The lowest BCUT2D eigenvalue weighted by atomic mass is 9.74. The van der Waals surface area contributed by atoms with Gasteiger partial charge < -0.3 is 9.47 Å². The van der Waals surface area contributed by atoms with Crippen LogP contribution in [0.25, 0.3) is 0 Å². The van der Waals surface area contributed by atoms with Gasteiger partial charge in [0.1, 0.15) is 11.1 Å². The number of hydrogen-bond donors (Lipinski definition) is 1. The molecule has 0 amide bonds. The molecule has 3 rings (SSSR count). The fourth-order valence-corrected chi connectivity index (χ4v) is 5.08. The van der Waals surface area contributed by atoms with E-state index < -0.39 is 0 Å². The summed E-state index contributed by atoms with van der Waals surface area (Å²) in [4.78, 5) is 0. The van der Waals surface area contributed by atoms with Crippen molar-refractivity contribution in [2.45, 2.75) is 44.7 Å². The van der Waals surface area contributed by atoms with E-state index in [1.54, 1.807) is 26.0 Å². The average Bonchev–Trinajstić information content (AvgIpc) is 2.51. The molecule has 0 spiro atoms. The van der Waals surface area contributed by atoms with Crippen LogP contribution in [0.4, 0.5) is 0 Å². The van der Waals surface area contributed by atoms with E-state index in [0.717, 1.165) is 30.9 Å². The van der Waals surface area contributed by atoms with Crippen molar-refractivity contribution < 1.29 is 14.0 Å². The topological polar surface area (TPSA) is 33.5 Å². The van der Waals surface area contributed by atoms with Crippen LogP contribution < -0.4 is 14.8 Å². The zero-order chi connectivity index (χ0) is 16.8. The van der Waals surface area contributed by atoms with E-state index >= 15 is 0 Å². The molecule has 2 heterocycles. The third-order valence-electron chi connectivity index (χ3n) is 5.06. The normalized spacial score (nSPS) is 25.3. The third-order valence-corrected chi connectivity index (χ3v) is 5.77. The fraction of sp³-hybridized carbons (Fsp3) is 0.611. The van der Waals surface area contributed by atoms with Crippen molar-refractivity contribution >= 4 is 16.9 Å². The second-order valence-corrected chi connectivity index (χ2v) is 8.03. The van der Waals surface area contributed by atoms with E-state index in [4.69, 9.17) is 9.47 Å². The molecule has 0 saturated heterocycles. The Labute approximate surface area is 143 Å². The number of benzene rings is 1. The second kappa shape index (κ2) is 5.62. The second-order valence-electron chi connectivity index (χ2n) is 7.23. The molecule has 1 atom stereocenters. The van der Waals surface area contributed by atoms with Gasteiger partial charge in [-0.1, -0.05) is 0 Å². The molecule has 23 heavy (non-hydrogen) atoms. The molecule has 0 radical (unpaired) electrons. The number of thioether (sulfide) groups is 1. The van der Waals surface area contributed by atoms with Gasteiger partial charge in [0.05, 0.1) is 20.8 Å². The van der Waals surface area contributed by atoms with E-state index in [9.17, 15) is 0 Å². The smallest absolute Gasteiger partial charge is 0.307 e. The summed E-state index contributed by atoms with van der Waals surface area (Å²) in [5, 5.41) is 4.97. The van der Waals surface area contributed by atoms with Crippen molar-refractivity contribution in [2.24, 2.45) is 0 Å². The van der Waals surface area contributed by atoms with Crippen LogP contribution in [0.5, 0.6) is 11.5 Å². The predicted molar refractivity (Wildman–Crippen MR) is 96.1 cm³/mol. The van der Waals surface area contributed by atoms with Crippen molar-refractivity contribution in [2.75, 3.05) is 27.0 Å². The Bertz CT molecular complexity index is 669. The number of fused-ring (bicyclic) bond motifs is 3. The molecule has 4 nitrogen and oxygen atoms in total. The van der Waals surface area contributed by atoms with Crippen molar-refractivity contribution in [1.82, 2.24) is 5.32 Å². The van der Waals surface area contributed by atoms with Gasteiger partial charge in [0.2, 0.25) is 0 Å². The molecule has 2 aliphatic rings. The maximum absolute atomic E-state index is 5.56. The summed E-state index contributed by atoms with van der Waals surface area (Å²) in [5.74, 6) is 1.64. The molecule has 1 aromatic carbocycles. The van der Waals surface area contributed by atoms with Gasteiger partial charge in [-0.25, -0.2) is 4.58 Å². The van der Waals surface area contributed by atoms with Crippen LogP contribution in [0.15, 0.2) is 12.1 Å². The van der Waals surface area contributed by atoms with Gasteiger partial charge in [-0.05, 0) is 56.5 Å². The molecule has 0 fully saturated rings. The molecule has 1 aromatic rings. The fourth-order valence-electron chi connectivity index (χ4n) is 4.19. The maximum atomic E-state index is 5.56. The molecular formula is C18H27N2O2S+. The van der Waals surface area contributed by atoms with Crippen LogP contribution in [-0.4, -0.2) is 42.3 Å². The highest BCUT2D eigenvalue weighted by molar-refractivity contribution is 8.13. The predicted octanol–water partition coefficient (Wildman–Crippen LogP) is 2.98. The Morgan fingerprint density at radius 3 is 2.39 bits per heavy atom. The molecular weight excluding hydrogens is 308 g/mol. The lowest BCUT2D eigenvalue weighted by Crippen LogP contribution is -2.61. The van der Waals surface area contributed by atoms with Crippen LogP contribution in [0.1, 0.15) is 38.3 Å². The molecule has 2 aliphatic heterocycles. The van der Waals surface area contributed by atoms with Crippen molar-refractivity contribution in [3.63, 3.8) is 0 Å². The summed E-state index contributed by atoms with van der Waals surface area (Å²) < 4.78 is 13.6. The maximum Gasteiger partial charge on any atom is 0.307 e. The number of ether oxygens (including phenoxy) is 2. The van der Waals surface area contributed by atoms with Crippen LogP contribution in [0.2, 0.25) is 0 Å². The SMILES string of the molecule is COc1cc2c(cc1OC)C1(C)CC(C)(C)NC(SC)=[N+]1CC2. The molecule has 0 aromatic heterocycles. The van der Waals surface area contributed by atoms with Gasteiger partial charge in [-0.15, -0.1) is 0 Å². The highest BCUT2D eigenvalue weighted by Crippen LogP contribution is 2.45. The number of methoxy groups -OCH3 is 2. The molecule has 0 aliphatic carbocycles. The molecule has 126 valence electrons. The van der Waals surface area contributed by atoms with E-state index in [2.05, 4.69) is 49.1 Å². The Hall–Kier alpha value is -1.36. The summed E-state index contributed by atoms with van der Waals surface area (Å²) >= 11 is 1.80. The molecule has 1 unspecified atom stereocenters. The highest BCUT2D eigenvalue weighted by atomic mass is 32.2. The number of nitrogens with zero attached hydrogens (tertiary/aromatic N) is 1. The summed E-state index contributed by atoms with van der Waals surface area (Å²) in [6.45, 7) is 7.94. The highest BCUT2D eigenvalue weighted by Gasteiger charge is 2.50. The zero-order valence-electron chi connectivity index (χ0n) is 14.9. The van der Waals surface area contributed by atoms with Crippen LogP contribution in [-0.2, 0) is 12.0 Å². The van der Waals surface area contributed by atoms with Crippen LogP contribution >= 0.6 is 11.8 Å². The molecule has 0 saturated carbocycles. The van der Waals surface area contributed by atoms with Gasteiger partial charge in [0.25, 0.3) is 0 Å². The summed E-state index contributed by atoms with van der Waals surface area (Å²) in [7, 11) is 3.41. The Balaban J connectivity index is 2.21. The zero-order valence-corrected chi connectivity index (χ0v) is 15.8. The first-order valence-electron chi connectivity index (χ1n) is 8.07. The average molecular weight is 335 g/mol. The quantitative estimate of drug-likeness (QED) is 0.843. The van der Waals surface area contributed by atoms with Gasteiger partial charge in [0, 0.05) is 18.4 Å². The first-order chi connectivity index (χ1) is 10.8. The molecule has 0 bridgehead atoms. The third kappa shape index (κ3) is 2.59. The summed E-state index contributed by atoms with van der Waals surface area (Å²) in [6, 6.07) is 4.34. The Kier molecular flexibility index (Phi) is 4.03. The van der Waals surface area contributed by atoms with Gasteiger partial charge >= 0.3 is 5.17 Å². The van der Waals surface area contributed by atoms with E-state index in [-0.39, 0.29) is 11.1 Å². The van der Waals surface area contributed by atoms with Crippen LogP contribution in [0, 0.1) is 0 Å². The summed E-state index contributed by atoms with van der Waals surface area (Å²) in [5.41, 5.74) is 2.77. The minimum absolute atomic E-state index is 0.0276. The van der Waals surface area contributed by atoms with Gasteiger partial charge in [-0.3, -0.25) is 5.32 Å². The number of nitrogens with one attached hydrogen (secondary N) is 1. The van der Waals surface area contributed by atoms with Crippen molar-refractivity contribution in [3.05, 3.63) is 23.3 Å². The van der Waals surface area contributed by atoms with E-state index in [1.165, 1.54) is 16.3 Å². The summed E-state index contributed by atoms with van der Waals surface area (Å²) in [6.07, 6.45) is 4.22. The standard InChI is InChI=1S/C18H26N2O2S/c1-17(2)11-18(3)13-10-15(22-5)14(21-4)9-12(13)7-8-20(18)16(19-17)23-6/h9-10H,7-8,11H2,1-6H3/p+1. The monoisotopic (exact) mass is 335 g/mol. The lowest BCUT2D eigenvalue weighted by molar-refractivity contribution is -0.625. The van der Waals surface area contributed by atoms with E-state index in [1.807, 2.05) is 0 Å². The molecule has 5 heteroatoms. The Morgan fingerprint density at radius 2 is 1.78 bits per heavy atom. The largest absolute Gasteiger partial charge is 0.493 e. The first kappa shape index (κ1) is 16.5. The minimum atomic E-state index is -0.0276. The number of hydrogen-bond acceptors (Lipinski definition) is 4. The number of amidine groups is 1. The van der Waals surface area contributed by atoms with Crippen LogP contribution in [0.3, 0.4) is 0 Å². The first-order valence-corrected chi connectivity index (χ1v) is 9.29. The van der Waals surface area contributed by atoms with Crippen molar-refractivity contribution in [3.8, 4) is 11.5 Å². The van der Waals surface area contributed by atoms with Crippen molar-refractivity contribution in [1.29, 1.82) is 0 Å². The van der Waals surface area contributed by atoms with E-state index in [0.29, 0.717) is 0 Å². The number of rotatable bonds is 2. The lowest BCUT2D eigenvalue weighted by Gasteiger charge is -2.45. The van der Waals surface area contributed by atoms with Gasteiger partial charge in [0.15, 0.2) is 11.5 Å². The molecule has 1 N–H and O–H groups in total.